The van der Waals surface area contributed by atoms with Crippen molar-refractivity contribution in [1.29, 1.82) is 0 Å². The van der Waals surface area contributed by atoms with Gasteiger partial charge in [0.1, 0.15) is 11.6 Å². The van der Waals surface area contributed by atoms with Crippen LogP contribution in [-0.2, 0) is 4.79 Å². The first-order chi connectivity index (χ1) is 15.6. The second-order valence-corrected chi connectivity index (χ2v) is 7.80. The summed E-state index contributed by atoms with van der Waals surface area (Å²) in [5, 5.41) is 0. The smallest absolute Gasteiger partial charge is 0.247 e. The molecule has 1 aliphatic heterocycles. The molecule has 1 atom stereocenters. The first kappa shape index (κ1) is 20.1. The van der Waals surface area contributed by atoms with Gasteiger partial charge in [0.25, 0.3) is 0 Å². The highest BCUT2D eigenvalue weighted by atomic mass is 19.2. The lowest BCUT2D eigenvalue weighted by atomic mass is 10.1. The van der Waals surface area contributed by atoms with Gasteiger partial charge in [-0.3, -0.25) is 4.79 Å². The number of amides is 1. The lowest BCUT2D eigenvalue weighted by molar-refractivity contribution is -0.127. The molecular weight excluding hydrogens is 410 g/mol. The predicted molar refractivity (Wildman–Crippen MR) is 119 cm³/mol. The van der Waals surface area contributed by atoms with E-state index in [1.165, 1.54) is 6.07 Å². The molecule has 1 saturated heterocycles. The van der Waals surface area contributed by atoms with E-state index in [9.17, 15) is 13.6 Å². The molecule has 1 amide bonds. The highest BCUT2D eigenvalue weighted by Crippen LogP contribution is 2.34. The van der Waals surface area contributed by atoms with Crippen LogP contribution in [0.5, 0.6) is 0 Å². The summed E-state index contributed by atoms with van der Waals surface area (Å²) in [6.07, 6.45) is 5.03. The van der Waals surface area contributed by atoms with Crippen molar-refractivity contribution in [3.8, 4) is 11.1 Å². The summed E-state index contributed by atoms with van der Waals surface area (Å²) in [6.45, 7) is 0.640. The summed E-state index contributed by atoms with van der Waals surface area (Å²) in [6, 6.07) is 18.6. The molecule has 0 saturated carbocycles. The lowest BCUT2D eigenvalue weighted by Crippen LogP contribution is -2.29. The average Bonchev–Trinajstić information content (AvgIpc) is 3.46. The highest BCUT2D eigenvalue weighted by molar-refractivity contribution is 5.92. The number of carbonyl (C=O) groups excluding carboxylic acids is 1. The molecule has 160 valence electrons. The molecule has 1 aliphatic rings. The minimum atomic E-state index is -0.896. The number of hydrogen-bond acceptors (Lipinski definition) is 3. The molecule has 1 fully saturated rings. The zero-order chi connectivity index (χ0) is 22.1. The Morgan fingerprint density at radius 2 is 1.78 bits per heavy atom. The van der Waals surface area contributed by atoms with Crippen LogP contribution in [0.1, 0.15) is 30.3 Å². The molecule has 0 aliphatic carbocycles. The summed E-state index contributed by atoms with van der Waals surface area (Å²) in [7, 11) is 0. The molecule has 0 bridgehead atoms. The molecule has 4 aromatic rings. The molecule has 32 heavy (non-hydrogen) atoms. The van der Waals surface area contributed by atoms with Crippen molar-refractivity contribution in [2.24, 2.45) is 0 Å². The molecule has 6 heteroatoms. The van der Waals surface area contributed by atoms with Crippen LogP contribution in [0.25, 0.3) is 28.3 Å². The molecular formula is C26H20F2N2O2. The molecule has 4 nitrogen and oxygen atoms in total. The second kappa shape index (κ2) is 8.38. The monoisotopic (exact) mass is 430 g/mol. The fourth-order valence-electron chi connectivity index (χ4n) is 4.06. The third kappa shape index (κ3) is 3.91. The van der Waals surface area contributed by atoms with Crippen molar-refractivity contribution < 1.29 is 18.0 Å². The zero-order valence-corrected chi connectivity index (χ0v) is 17.2. The SMILES string of the molecule is O=C(/C=C/c1ccccc1)N1CCC[C@H]1c1nc2cc(-c3ccc(F)c(F)c3)ccc2o1. The second-order valence-electron chi connectivity index (χ2n) is 7.80. The zero-order valence-electron chi connectivity index (χ0n) is 17.2. The van der Waals surface area contributed by atoms with Gasteiger partial charge < -0.3 is 9.32 Å². The van der Waals surface area contributed by atoms with E-state index in [2.05, 4.69) is 4.98 Å². The Hall–Kier alpha value is -3.80. The normalized spacial score (nSPS) is 16.3. The Morgan fingerprint density at radius 3 is 2.59 bits per heavy atom. The Morgan fingerprint density at radius 1 is 1.00 bits per heavy atom. The predicted octanol–water partition coefficient (Wildman–Crippen LogP) is 6.15. The van der Waals surface area contributed by atoms with Crippen molar-refractivity contribution in [3.63, 3.8) is 0 Å². The van der Waals surface area contributed by atoms with Crippen LogP contribution < -0.4 is 0 Å². The topological polar surface area (TPSA) is 46.3 Å². The van der Waals surface area contributed by atoms with E-state index in [0.717, 1.165) is 30.5 Å². The molecule has 2 heterocycles. The quantitative estimate of drug-likeness (QED) is 0.365. The summed E-state index contributed by atoms with van der Waals surface area (Å²) < 4.78 is 32.8. The molecule has 5 rings (SSSR count). The van der Waals surface area contributed by atoms with Crippen molar-refractivity contribution >= 4 is 23.1 Å². The minimum absolute atomic E-state index is 0.0823. The number of hydrogen-bond donors (Lipinski definition) is 0. The van der Waals surface area contributed by atoms with Gasteiger partial charge in [-0.1, -0.05) is 42.5 Å². The first-order valence-corrected chi connectivity index (χ1v) is 10.5. The fourth-order valence-corrected chi connectivity index (χ4v) is 4.06. The standard InChI is InChI=1S/C26H20F2N2O2/c27-20-11-9-18(15-21(20)28)19-10-12-24-22(16-19)29-26(32-24)23-7-4-14-30(23)25(31)13-8-17-5-2-1-3-6-17/h1-3,5-6,8-13,15-16,23H,4,7,14H2/b13-8+/t23-/m0/s1. The highest BCUT2D eigenvalue weighted by Gasteiger charge is 2.32. The lowest BCUT2D eigenvalue weighted by Gasteiger charge is -2.20. The number of benzene rings is 3. The van der Waals surface area contributed by atoms with E-state index in [4.69, 9.17) is 4.42 Å². The summed E-state index contributed by atoms with van der Waals surface area (Å²) in [5.41, 5.74) is 3.43. The Kier molecular flexibility index (Phi) is 5.27. The van der Waals surface area contributed by atoms with Crippen molar-refractivity contribution in [1.82, 2.24) is 9.88 Å². The van der Waals surface area contributed by atoms with Crippen LogP contribution in [0.15, 0.2) is 77.2 Å². The molecule has 0 N–H and O–H groups in total. The van der Waals surface area contributed by atoms with Gasteiger partial charge in [0.05, 0.1) is 0 Å². The van der Waals surface area contributed by atoms with Gasteiger partial charge in [-0.25, -0.2) is 13.8 Å². The summed E-state index contributed by atoms with van der Waals surface area (Å²) in [4.78, 5) is 19.2. The number of nitrogens with zero attached hydrogens (tertiary/aromatic N) is 2. The molecule has 0 spiro atoms. The first-order valence-electron chi connectivity index (χ1n) is 10.5. The van der Waals surface area contributed by atoms with Gasteiger partial charge in [-0.15, -0.1) is 0 Å². The molecule has 1 aromatic heterocycles. The van der Waals surface area contributed by atoms with Crippen molar-refractivity contribution in [3.05, 3.63) is 95.9 Å². The minimum Gasteiger partial charge on any atom is -0.438 e. The maximum atomic E-state index is 13.6. The van der Waals surface area contributed by atoms with Gasteiger partial charge >= 0.3 is 0 Å². The van der Waals surface area contributed by atoms with Gasteiger partial charge in [0.15, 0.2) is 17.2 Å². The van der Waals surface area contributed by atoms with Gasteiger partial charge in [-0.05, 0) is 59.9 Å². The third-order valence-electron chi connectivity index (χ3n) is 5.70. The van der Waals surface area contributed by atoms with E-state index in [0.29, 0.717) is 34.7 Å². The molecule has 3 aromatic carbocycles. The number of rotatable bonds is 4. The maximum Gasteiger partial charge on any atom is 0.247 e. The van der Waals surface area contributed by atoms with E-state index >= 15 is 0 Å². The Balaban J connectivity index is 1.40. The van der Waals surface area contributed by atoms with Crippen molar-refractivity contribution in [2.75, 3.05) is 6.54 Å². The molecule has 0 unspecified atom stereocenters. The van der Waals surface area contributed by atoms with E-state index in [1.54, 1.807) is 35.3 Å². The van der Waals surface area contributed by atoms with Gasteiger partial charge in [-0.2, -0.15) is 0 Å². The number of likely N-dealkylation sites (tertiary alicyclic amines) is 1. The number of fused-ring (bicyclic) bond motifs is 1. The average molecular weight is 430 g/mol. The number of aromatic nitrogens is 1. The summed E-state index contributed by atoms with van der Waals surface area (Å²) in [5.74, 6) is -1.37. The van der Waals surface area contributed by atoms with E-state index < -0.39 is 11.6 Å². The molecule has 0 radical (unpaired) electrons. The third-order valence-corrected chi connectivity index (χ3v) is 5.70. The van der Waals surface area contributed by atoms with Crippen LogP contribution in [0.3, 0.4) is 0 Å². The van der Waals surface area contributed by atoms with Crippen LogP contribution in [-0.4, -0.2) is 22.3 Å². The van der Waals surface area contributed by atoms with Crippen LogP contribution in [0, 0.1) is 11.6 Å². The number of oxazole rings is 1. The van der Waals surface area contributed by atoms with Crippen LogP contribution in [0.2, 0.25) is 0 Å². The Bertz CT molecular complexity index is 1310. The van der Waals surface area contributed by atoms with Gasteiger partial charge in [0, 0.05) is 12.6 Å². The van der Waals surface area contributed by atoms with E-state index in [1.807, 2.05) is 30.3 Å². The maximum absolute atomic E-state index is 13.6. The van der Waals surface area contributed by atoms with E-state index in [-0.39, 0.29) is 11.9 Å². The van der Waals surface area contributed by atoms with Crippen LogP contribution >= 0.6 is 0 Å². The summed E-state index contributed by atoms with van der Waals surface area (Å²) >= 11 is 0. The largest absolute Gasteiger partial charge is 0.438 e. The van der Waals surface area contributed by atoms with Crippen LogP contribution in [0.4, 0.5) is 8.78 Å². The van der Waals surface area contributed by atoms with Gasteiger partial charge in [0.2, 0.25) is 11.8 Å². The number of halogens is 2. The fraction of sp³-hybridized carbons (Fsp3) is 0.154. The number of carbonyl (C=O) groups is 1. The van der Waals surface area contributed by atoms with Crippen molar-refractivity contribution in [2.45, 2.75) is 18.9 Å². The Labute approximate surface area is 183 Å².